The predicted octanol–water partition coefficient (Wildman–Crippen LogP) is 5.15. The number of benzene rings is 1. The van der Waals surface area contributed by atoms with Gasteiger partial charge in [0.2, 0.25) is 0 Å². The molecule has 0 radical (unpaired) electrons. The highest BCUT2D eigenvalue weighted by Crippen LogP contribution is 2.28. The van der Waals surface area contributed by atoms with Gasteiger partial charge in [-0.1, -0.05) is 26.8 Å². The summed E-state index contributed by atoms with van der Waals surface area (Å²) in [5.41, 5.74) is 1.26. The van der Waals surface area contributed by atoms with Crippen molar-refractivity contribution in [2.24, 2.45) is 0 Å². The number of rotatable bonds is 7. The molecule has 114 valence electrons. The van der Waals surface area contributed by atoms with Crippen LogP contribution >= 0.6 is 27.3 Å². The molecule has 2 aromatic rings. The monoisotopic (exact) mass is 367 g/mol. The standard InChI is InChI=1S/C17H22BrNOS/c1-4-14-6-7-15(21-14)11-20-17-8-5-13(9-16(17)18)10-19-12(2)3/h5-9,12,19H,4,10-11H2,1-3H3. The molecule has 2 nitrogen and oxygen atoms in total. The van der Waals surface area contributed by atoms with Gasteiger partial charge in [-0.2, -0.15) is 0 Å². The molecule has 21 heavy (non-hydrogen) atoms. The maximum atomic E-state index is 5.90. The minimum atomic E-state index is 0.492. The van der Waals surface area contributed by atoms with Crippen LogP contribution in [0.15, 0.2) is 34.8 Å². The first-order valence-electron chi connectivity index (χ1n) is 7.30. The van der Waals surface area contributed by atoms with Crippen molar-refractivity contribution >= 4 is 27.3 Å². The summed E-state index contributed by atoms with van der Waals surface area (Å²) in [5, 5.41) is 3.42. The third-order valence-electron chi connectivity index (χ3n) is 3.15. The van der Waals surface area contributed by atoms with Crippen LogP contribution in [0, 0.1) is 0 Å². The molecular weight excluding hydrogens is 346 g/mol. The van der Waals surface area contributed by atoms with Gasteiger partial charge in [0, 0.05) is 22.3 Å². The van der Waals surface area contributed by atoms with Crippen LogP contribution in [0.4, 0.5) is 0 Å². The van der Waals surface area contributed by atoms with Crippen molar-refractivity contribution < 1.29 is 4.74 Å². The average molecular weight is 368 g/mol. The minimum absolute atomic E-state index is 0.492. The third kappa shape index (κ3) is 5.13. The van der Waals surface area contributed by atoms with Gasteiger partial charge in [-0.3, -0.25) is 0 Å². The van der Waals surface area contributed by atoms with Crippen molar-refractivity contribution in [3.05, 3.63) is 50.1 Å². The first kappa shape index (κ1) is 16.5. The fourth-order valence-corrected chi connectivity index (χ4v) is 3.34. The molecule has 0 fully saturated rings. The first-order chi connectivity index (χ1) is 10.1. The van der Waals surface area contributed by atoms with E-state index >= 15 is 0 Å². The summed E-state index contributed by atoms with van der Waals surface area (Å²) in [6.07, 6.45) is 1.09. The number of hydrogen-bond acceptors (Lipinski definition) is 3. The quantitative estimate of drug-likeness (QED) is 0.730. The zero-order valence-electron chi connectivity index (χ0n) is 12.8. The van der Waals surface area contributed by atoms with Gasteiger partial charge in [-0.25, -0.2) is 0 Å². The largest absolute Gasteiger partial charge is 0.487 e. The highest BCUT2D eigenvalue weighted by molar-refractivity contribution is 9.10. The summed E-state index contributed by atoms with van der Waals surface area (Å²) in [7, 11) is 0. The summed E-state index contributed by atoms with van der Waals surface area (Å²) in [6.45, 7) is 7.99. The van der Waals surface area contributed by atoms with Crippen molar-refractivity contribution in [2.75, 3.05) is 0 Å². The molecule has 0 unspecified atom stereocenters. The Bertz CT molecular complexity index is 580. The summed E-state index contributed by atoms with van der Waals surface area (Å²) in [6, 6.07) is 11.1. The highest BCUT2D eigenvalue weighted by atomic mass is 79.9. The Kier molecular flexibility index (Phi) is 6.27. The zero-order valence-corrected chi connectivity index (χ0v) is 15.2. The second-order valence-electron chi connectivity index (χ2n) is 5.31. The lowest BCUT2D eigenvalue weighted by Gasteiger charge is -2.11. The van der Waals surface area contributed by atoms with Gasteiger partial charge >= 0.3 is 0 Å². The minimum Gasteiger partial charge on any atom is -0.487 e. The molecular formula is C17H22BrNOS. The molecule has 0 amide bonds. The number of thiophene rings is 1. The molecule has 1 aromatic heterocycles. The first-order valence-corrected chi connectivity index (χ1v) is 8.91. The molecule has 1 aromatic carbocycles. The molecule has 0 aliphatic rings. The molecule has 0 aliphatic heterocycles. The highest BCUT2D eigenvalue weighted by Gasteiger charge is 2.05. The molecule has 0 spiro atoms. The van der Waals surface area contributed by atoms with Crippen molar-refractivity contribution in [2.45, 2.75) is 46.4 Å². The lowest BCUT2D eigenvalue weighted by Crippen LogP contribution is -2.21. The van der Waals surface area contributed by atoms with E-state index in [1.54, 1.807) is 0 Å². The van der Waals surface area contributed by atoms with Gasteiger partial charge in [0.25, 0.3) is 0 Å². The van der Waals surface area contributed by atoms with Gasteiger partial charge in [-0.05, 0) is 52.2 Å². The van der Waals surface area contributed by atoms with E-state index in [9.17, 15) is 0 Å². The molecule has 0 bridgehead atoms. The van der Waals surface area contributed by atoms with Crippen LogP contribution in [0.25, 0.3) is 0 Å². The van der Waals surface area contributed by atoms with Gasteiger partial charge in [0.15, 0.2) is 0 Å². The van der Waals surface area contributed by atoms with Crippen LogP contribution in [0.2, 0.25) is 0 Å². The Labute approximate surface area is 139 Å². The van der Waals surface area contributed by atoms with Gasteiger partial charge in [-0.15, -0.1) is 11.3 Å². The van der Waals surface area contributed by atoms with Crippen LogP contribution in [0.3, 0.4) is 0 Å². The topological polar surface area (TPSA) is 21.3 Å². The van der Waals surface area contributed by atoms with Crippen LogP contribution < -0.4 is 10.1 Å². The van der Waals surface area contributed by atoms with Crippen molar-refractivity contribution in [1.29, 1.82) is 0 Å². The van der Waals surface area contributed by atoms with E-state index in [-0.39, 0.29) is 0 Å². The van der Waals surface area contributed by atoms with Gasteiger partial charge in [0.1, 0.15) is 12.4 Å². The average Bonchev–Trinajstić information content (AvgIpc) is 2.92. The molecule has 4 heteroatoms. The van der Waals surface area contributed by atoms with E-state index in [4.69, 9.17) is 4.74 Å². The van der Waals surface area contributed by atoms with Crippen LogP contribution in [-0.4, -0.2) is 6.04 Å². The summed E-state index contributed by atoms with van der Waals surface area (Å²) in [4.78, 5) is 2.67. The number of aryl methyl sites for hydroxylation is 1. The smallest absolute Gasteiger partial charge is 0.134 e. The molecule has 1 heterocycles. The Morgan fingerprint density at radius 3 is 2.57 bits per heavy atom. The maximum absolute atomic E-state index is 5.90. The van der Waals surface area contributed by atoms with E-state index < -0.39 is 0 Å². The van der Waals surface area contributed by atoms with E-state index in [0.29, 0.717) is 12.6 Å². The molecule has 0 aliphatic carbocycles. The second-order valence-corrected chi connectivity index (χ2v) is 7.42. The number of ether oxygens (including phenoxy) is 1. The van der Waals surface area contributed by atoms with E-state index in [1.165, 1.54) is 15.3 Å². The Balaban J connectivity index is 1.94. The fourth-order valence-electron chi connectivity index (χ4n) is 1.93. The lowest BCUT2D eigenvalue weighted by atomic mass is 10.2. The molecule has 1 N–H and O–H groups in total. The molecule has 0 saturated heterocycles. The van der Waals surface area contributed by atoms with E-state index in [1.807, 2.05) is 17.4 Å². The molecule has 0 atom stereocenters. The van der Waals surface area contributed by atoms with Gasteiger partial charge < -0.3 is 10.1 Å². The van der Waals surface area contributed by atoms with Crippen LogP contribution in [0.1, 0.15) is 36.1 Å². The lowest BCUT2D eigenvalue weighted by molar-refractivity contribution is 0.307. The fraction of sp³-hybridized carbons (Fsp3) is 0.412. The van der Waals surface area contributed by atoms with E-state index in [2.05, 4.69) is 66.3 Å². The second kappa shape index (κ2) is 7.97. The van der Waals surface area contributed by atoms with Crippen LogP contribution in [-0.2, 0) is 19.6 Å². The number of halogens is 1. The number of nitrogens with one attached hydrogen (secondary N) is 1. The summed E-state index contributed by atoms with van der Waals surface area (Å²) < 4.78 is 6.92. The van der Waals surface area contributed by atoms with Gasteiger partial charge in [0.05, 0.1) is 4.47 Å². The molecule has 2 rings (SSSR count). The van der Waals surface area contributed by atoms with E-state index in [0.717, 1.165) is 23.2 Å². The summed E-state index contributed by atoms with van der Waals surface area (Å²) >= 11 is 5.42. The van der Waals surface area contributed by atoms with Crippen molar-refractivity contribution in [3.63, 3.8) is 0 Å². The van der Waals surface area contributed by atoms with Crippen molar-refractivity contribution in [1.82, 2.24) is 5.32 Å². The Hall–Kier alpha value is -0.840. The summed E-state index contributed by atoms with van der Waals surface area (Å²) in [5.74, 6) is 0.898. The third-order valence-corrected chi connectivity index (χ3v) is 4.97. The zero-order chi connectivity index (χ0) is 15.2. The number of hydrogen-bond donors (Lipinski definition) is 1. The molecule has 0 saturated carbocycles. The van der Waals surface area contributed by atoms with Crippen LogP contribution in [0.5, 0.6) is 5.75 Å². The Morgan fingerprint density at radius 2 is 1.95 bits per heavy atom. The SMILES string of the molecule is CCc1ccc(COc2ccc(CNC(C)C)cc2Br)s1. The Morgan fingerprint density at radius 1 is 1.19 bits per heavy atom. The predicted molar refractivity (Wildman–Crippen MR) is 94.1 cm³/mol. The normalized spacial score (nSPS) is 11.1. The maximum Gasteiger partial charge on any atom is 0.134 e. The van der Waals surface area contributed by atoms with Crippen molar-refractivity contribution in [3.8, 4) is 5.75 Å².